The number of nitrogens with zero attached hydrogens (tertiary/aromatic N) is 3. The molecule has 162 valence electrons. The van der Waals surface area contributed by atoms with Crippen LogP contribution in [0.15, 0.2) is 58.4 Å². The van der Waals surface area contributed by atoms with Gasteiger partial charge in [-0.1, -0.05) is 24.3 Å². The fourth-order valence-electron chi connectivity index (χ4n) is 3.84. The van der Waals surface area contributed by atoms with Crippen molar-refractivity contribution in [1.82, 2.24) is 4.90 Å². The van der Waals surface area contributed by atoms with Crippen LogP contribution in [-0.2, 0) is 9.53 Å². The Kier molecular flexibility index (Phi) is 7.10. The number of benzene rings is 2. The maximum atomic E-state index is 13.2. The van der Waals surface area contributed by atoms with E-state index in [1.807, 2.05) is 43.3 Å². The number of hydrogen-bond donors (Lipinski definition) is 0. The first-order valence-corrected chi connectivity index (χ1v) is 11.8. The fourth-order valence-corrected chi connectivity index (χ4v) is 4.85. The number of aryl methyl sites for hydroxylation is 1. The van der Waals surface area contributed by atoms with E-state index in [-0.39, 0.29) is 5.91 Å². The third kappa shape index (κ3) is 5.20. The van der Waals surface area contributed by atoms with Crippen molar-refractivity contribution in [2.75, 3.05) is 37.7 Å². The zero-order chi connectivity index (χ0) is 21.6. The van der Waals surface area contributed by atoms with Crippen LogP contribution in [0.5, 0.6) is 0 Å². The van der Waals surface area contributed by atoms with Gasteiger partial charge in [-0.25, -0.2) is 4.99 Å². The minimum Gasteiger partial charge on any atom is -0.380 e. The van der Waals surface area contributed by atoms with Crippen LogP contribution in [0, 0.1) is 6.92 Å². The number of anilines is 1. The zero-order valence-corrected chi connectivity index (χ0v) is 19.0. The van der Waals surface area contributed by atoms with Gasteiger partial charge in [-0.2, -0.15) is 0 Å². The predicted octanol–water partition coefficient (Wildman–Crippen LogP) is 5.24. The Bertz CT molecular complexity index is 982. The predicted molar refractivity (Wildman–Crippen MR) is 130 cm³/mol. The molecule has 0 aliphatic carbocycles. The van der Waals surface area contributed by atoms with Gasteiger partial charge in [0.25, 0.3) is 5.91 Å². The average molecular weight is 436 g/mol. The number of hydrogen-bond acceptors (Lipinski definition) is 5. The molecule has 31 heavy (non-hydrogen) atoms. The molecule has 2 heterocycles. The van der Waals surface area contributed by atoms with Gasteiger partial charge in [0, 0.05) is 25.4 Å². The van der Waals surface area contributed by atoms with Crippen molar-refractivity contribution in [3.05, 3.63) is 64.6 Å². The lowest BCUT2D eigenvalue weighted by Crippen LogP contribution is -2.32. The summed E-state index contributed by atoms with van der Waals surface area (Å²) in [6, 6.07) is 16.3. The fraction of sp³-hybridized carbons (Fsp3) is 0.360. The van der Waals surface area contributed by atoms with E-state index in [1.54, 1.807) is 4.90 Å². The molecule has 4 rings (SSSR count). The molecule has 0 atom stereocenters. The Balaban J connectivity index is 1.59. The summed E-state index contributed by atoms with van der Waals surface area (Å²) in [4.78, 5) is 22.8. The highest BCUT2D eigenvalue weighted by molar-refractivity contribution is 8.18. The highest BCUT2D eigenvalue weighted by Crippen LogP contribution is 2.35. The van der Waals surface area contributed by atoms with E-state index in [0.717, 1.165) is 24.3 Å². The van der Waals surface area contributed by atoms with Gasteiger partial charge in [-0.15, -0.1) is 0 Å². The molecule has 0 bridgehead atoms. The van der Waals surface area contributed by atoms with Crippen LogP contribution in [0.2, 0.25) is 0 Å². The molecular formula is C25H29N3O2S. The average Bonchev–Trinajstić information content (AvgIpc) is 3.41. The summed E-state index contributed by atoms with van der Waals surface area (Å²) in [5.74, 6) is -0.0117. The Labute approximate surface area is 188 Å². The van der Waals surface area contributed by atoms with Crippen LogP contribution in [-0.4, -0.2) is 48.8 Å². The van der Waals surface area contributed by atoms with E-state index in [0.29, 0.717) is 29.8 Å². The van der Waals surface area contributed by atoms with E-state index < -0.39 is 0 Å². The van der Waals surface area contributed by atoms with Crippen molar-refractivity contribution in [3.8, 4) is 0 Å². The summed E-state index contributed by atoms with van der Waals surface area (Å²) in [6.07, 6.45) is 4.52. The highest BCUT2D eigenvalue weighted by atomic mass is 32.2. The maximum absolute atomic E-state index is 13.2. The third-order valence-corrected chi connectivity index (χ3v) is 6.55. The molecule has 5 nitrogen and oxygen atoms in total. The van der Waals surface area contributed by atoms with Gasteiger partial charge in [0.1, 0.15) is 0 Å². The molecular weight excluding hydrogens is 406 g/mol. The van der Waals surface area contributed by atoms with E-state index in [4.69, 9.17) is 9.73 Å². The van der Waals surface area contributed by atoms with Gasteiger partial charge < -0.3 is 9.64 Å². The number of aliphatic imine (C=N–C) groups is 1. The van der Waals surface area contributed by atoms with Gasteiger partial charge in [0.05, 0.1) is 23.7 Å². The molecule has 0 radical (unpaired) electrons. The largest absolute Gasteiger partial charge is 0.380 e. The summed E-state index contributed by atoms with van der Waals surface area (Å²) in [5.41, 5.74) is 4.36. The molecule has 2 saturated heterocycles. The number of rotatable bonds is 7. The smallest absolute Gasteiger partial charge is 0.266 e. The molecule has 0 unspecified atom stereocenters. The van der Waals surface area contributed by atoms with E-state index >= 15 is 0 Å². The van der Waals surface area contributed by atoms with Crippen molar-refractivity contribution in [1.29, 1.82) is 0 Å². The summed E-state index contributed by atoms with van der Waals surface area (Å²) in [5, 5.41) is 0.702. The van der Waals surface area contributed by atoms with E-state index in [2.05, 4.69) is 30.0 Å². The van der Waals surface area contributed by atoms with Gasteiger partial charge in [-0.05, 0) is 79.9 Å². The lowest BCUT2D eigenvalue weighted by Gasteiger charge is -2.18. The van der Waals surface area contributed by atoms with Crippen LogP contribution in [0.25, 0.3) is 6.08 Å². The molecule has 2 aliphatic rings. The second-order valence-corrected chi connectivity index (χ2v) is 8.74. The summed E-state index contributed by atoms with van der Waals surface area (Å²) in [7, 11) is 0. The topological polar surface area (TPSA) is 45.1 Å². The van der Waals surface area contributed by atoms with E-state index in [9.17, 15) is 4.79 Å². The first kappa shape index (κ1) is 21.7. The molecule has 2 aromatic rings. The molecule has 2 aliphatic heterocycles. The second kappa shape index (κ2) is 10.2. The van der Waals surface area contributed by atoms with Crippen LogP contribution in [0.4, 0.5) is 11.4 Å². The van der Waals surface area contributed by atoms with E-state index in [1.165, 1.54) is 35.9 Å². The third-order valence-electron chi connectivity index (χ3n) is 5.54. The summed E-state index contributed by atoms with van der Waals surface area (Å²) < 4.78 is 5.49. The minimum absolute atomic E-state index is 0.0117. The number of ether oxygens (including phenoxy) is 1. The Morgan fingerprint density at radius 1 is 1.13 bits per heavy atom. The Hall–Kier alpha value is -2.57. The number of thioether (sulfide) groups is 1. The van der Waals surface area contributed by atoms with Crippen molar-refractivity contribution in [2.45, 2.75) is 26.7 Å². The monoisotopic (exact) mass is 435 g/mol. The van der Waals surface area contributed by atoms with Gasteiger partial charge in [-0.3, -0.25) is 9.69 Å². The lowest BCUT2D eigenvalue weighted by molar-refractivity contribution is -0.122. The number of amidine groups is 1. The molecule has 2 aromatic carbocycles. The number of carbonyl (C=O) groups is 1. The quantitative estimate of drug-likeness (QED) is 0.441. The van der Waals surface area contributed by atoms with Crippen LogP contribution in [0.3, 0.4) is 0 Å². The first-order valence-electron chi connectivity index (χ1n) is 10.9. The Morgan fingerprint density at radius 2 is 1.90 bits per heavy atom. The van der Waals surface area contributed by atoms with Crippen molar-refractivity contribution >= 4 is 40.3 Å². The summed E-state index contributed by atoms with van der Waals surface area (Å²) >= 11 is 1.43. The van der Waals surface area contributed by atoms with Gasteiger partial charge in [0.2, 0.25) is 0 Å². The van der Waals surface area contributed by atoms with Crippen molar-refractivity contribution < 1.29 is 9.53 Å². The lowest BCUT2D eigenvalue weighted by atomic mass is 10.1. The normalized spacial score (nSPS) is 19.2. The molecule has 0 spiro atoms. The van der Waals surface area contributed by atoms with Crippen LogP contribution < -0.4 is 4.90 Å². The second-order valence-electron chi connectivity index (χ2n) is 7.73. The first-order chi connectivity index (χ1) is 15.2. The molecule has 0 N–H and O–H groups in total. The summed E-state index contributed by atoms with van der Waals surface area (Å²) in [6.45, 7) is 7.94. The standard InChI is InChI=1S/C25H29N3O2S/c1-3-30-16-15-28-24(29)23(31-25(28)26-21-9-5-4-6-10-21)18-20-11-12-22(17-19(20)2)27-13-7-8-14-27/h4-6,9-12,17-18H,3,7-8,13-16H2,1-2H3/b23-18-,26-25?. The molecule has 1 amide bonds. The SMILES string of the molecule is CCOCCN1C(=O)/C(=C/c2ccc(N3CCCC3)cc2C)SC1=Nc1ccccc1. The van der Waals surface area contributed by atoms with Gasteiger partial charge in [0.15, 0.2) is 5.17 Å². The number of carbonyl (C=O) groups excluding carboxylic acids is 1. The van der Waals surface area contributed by atoms with Gasteiger partial charge >= 0.3 is 0 Å². The highest BCUT2D eigenvalue weighted by Gasteiger charge is 2.33. The number of para-hydroxylation sites is 1. The molecule has 6 heteroatoms. The maximum Gasteiger partial charge on any atom is 0.266 e. The minimum atomic E-state index is -0.0117. The molecule has 0 saturated carbocycles. The molecule has 0 aromatic heterocycles. The van der Waals surface area contributed by atoms with Crippen LogP contribution >= 0.6 is 11.8 Å². The number of amides is 1. The van der Waals surface area contributed by atoms with Crippen molar-refractivity contribution in [2.24, 2.45) is 4.99 Å². The zero-order valence-electron chi connectivity index (χ0n) is 18.2. The molecule has 2 fully saturated rings. The Morgan fingerprint density at radius 3 is 2.61 bits per heavy atom. The van der Waals surface area contributed by atoms with Crippen LogP contribution in [0.1, 0.15) is 30.9 Å². The van der Waals surface area contributed by atoms with Crippen molar-refractivity contribution in [3.63, 3.8) is 0 Å².